The SMILES string of the molecule is CCOC(=O)c1cccc(N=C2SC(=Cc3cc(Br)c(OCC(=O)O)c(OC)c3)C(=O)N2CC)c1. The number of amides is 1. The van der Waals surface area contributed by atoms with E-state index in [0.717, 1.165) is 0 Å². The fourth-order valence-electron chi connectivity index (χ4n) is 3.15. The zero-order valence-electron chi connectivity index (χ0n) is 19.2. The number of hydrogen-bond donors (Lipinski definition) is 1. The number of carbonyl (C=O) groups excluding carboxylic acids is 2. The van der Waals surface area contributed by atoms with Gasteiger partial charge < -0.3 is 19.3 Å². The molecule has 1 aliphatic rings. The lowest BCUT2D eigenvalue weighted by Gasteiger charge is -2.13. The number of carboxylic acid groups (broad SMARTS) is 1. The first-order chi connectivity index (χ1) is 16.8. The maximum Gasteiger partial charge on any atom is 0.341 e. The Morgan fingerprint density at radius 2 is 2.00 bits per heavy atom. The minimum atomic E-state index is -1.11. The van der Waals surface area contributed by atoms with Crippen molar-refractivity contribution in [2.75, 3.05) is 26.9 Å². The van der Waals surface area contributed by atoms with Gasteiger partial charge in [0.25, 0.3) is 5.91 Å². The van der Waals surface area contributed by atoms with E-state index in [2.05, 4.69) is 20.9 Å². The van der Waals surface area contributed by atoms with E-state index in [9.17, 15) is 14.4 Å². The maximum absolute atomic E-state index is 13.0. The zero-order valence-corrected chi connectivity index (χ0v) is 21.6. The molecule has 0 aliphatic carbocycles. The molecule has 0 spiro atoms. The third-order valence-electron chi connectivity index (χ3n) is 4.68. The van der Waals surface area contributed by atoms with Gasteiger partial charge in [-0.25, -0.2) is 14.6 Å². The number of esters is 1. The van der Waals surface area contributed by atoms with Crippen molar-refractivity contribution in [1.82, 2.24) is 4.90 Å². The summed E-state index contributed by atoms with van der Waals surface area (Å²) in [6, 6.07) is 10.1. The predicted octanol–water partition coefficient (Wildman–Crippen LogP) is 4.72. The Balaban J connectivity index is 1.91. The van der Waals surface area contributed by atoms with Gasteiger partial charge in [-0.1, -0.05) is 6.07 Å². The average Bonchev–Trinajstić information content (AvgIpc) is 3.11. The number of amidine groups is 1. The Kier molecular flexibility index (Phi) is 8.94. The summed E-state index contributed by atoms with van der Waals surface area (Å²) in [5.41, 5.74) is 1.55. The molecule has 0 radical (unpaired) electrons. The molecule has 2 aromatic rings. The highest BCUT2D eigenvalue weighted by molar-refractivity contribution is 9.10. The van der Waals surface area contributed by atoms with Gasteiger partial charge in [-0.2, -0.15) is 0 Å². The largest absolute Gasteiger partial charge is 0.493 e. The standard InChI is InChI=1S/C24H23BrN2O7S/c1-4-27-22(30)19(11-14-9-17(25)21(18(10-14)32-3)34-13-20(28)29)35-24(27)26-16-8-6-7-15(12-16)23(31)33-5-2/h6-12H,4-5,13H2,1-3H3,(H,28,29). The molecule has 0 bridgehead atoms. The Labute approximate surface area is 214 Å². The molecule has 3 rings (SSSR count). The number of carbonyl (C=O) groups is 3. The third-order valence-corrected chi connectivity index (χ3v) is 6.27. The number of rotatable bonds is 9. The van der Waals surface area contributed by atoms with Crippen molar-refractivity contribution in [3.05, 3.63) is 56.9 Å². The number of halogens is 1. The molecule has 184 valence electrons. The Morgan fingerprint density at radius 1 is 1.23 bits per heavy atom. The molecule has 0 saturated carbocycles. The van der Waals surface area contributed by atoms with Crippen LogP contribution in [0.5, 0.6) is 11.5 Å². The summed E-state index contributed by atoms with van der Waals surface area (Å²) in [6.07, 6.45) is 1.70. The van der Waals surface area contributed by atoms with Gasteiger partial charge >= 0.3 is 11.9 Å². The fraction of sp³-hybridized carbons (Fsp3) is 0.250. The molecular weight excluding hydrogens is 540 g/mol. The van der Waals surface area contributed by atoms with Crippen molar-refractivity contribution in [2.45, 2.75) is 13.8 Å². The number of hydrogen-bond acceptors (Lipinski definition) is 8. The quantitative estimate of drug-likeness (QED) is 0.344. The van der Waals surface area contributed by atoms with Gasteiger partial charge in [-0.05, 0) is 83.5 Å². The number of benzene rings is 2. The number of aliphatic imine (C=N–C) groups is 1. The van der Waals surface area contributed by atoms with Crippen LogP contribution in [0.4, 0.5) is 5.69 Å². The Bertz CT molecular complexity index is 1210. The van der Waals surface area contributed by atoms with Crippen LogP contribution >= 0.6 is 27.7 Å². The average molecular weight is 563 g/mol. The highest BCUT2D eigenvalue weighted by Gasteiger charge is 2.32. The van der Waals surface area contributed by atoms with Gasteiger partial charge in [-0.15, -0.1) is 0 Å². The minimum Gasteiger partial charge on any atom is -0.493 e. The van der Waals surface area contributed by atoms with Gasteiger partial charge in [0.2, 0.25) is 0 Å². The summed E-state index contributed by atoms with van der Waals surface area (Å²) in [6.45, 7) is 3.74. The first-order valence-corrected chi connectivity index (χ1v) is 12.2. The zero-order chi connectivity index (χ0) is 25.5. The molecule has 1 fully saturated rings. The van der Waals surface area contributed by atoms with E-state index in [1.54, 1.807) is 54.3 Å². The van der Waals surface area contributed by atoms with E-state index >= 15 is 0 Å². The van der Waals surface area contributed by atoms with Crippen LogP contribution in [0.3, 0.4) is 0 Å². The molecule has 0 unspecified atom stereocenters. The van der Waals surface area contributed by atoms with Crippen molar-refractivity contribution in [3.8, 4) is 11.5 Å². The van der Waals surface area contributed by atoms with E-state index in [4.69, 9.17) is 19.3 Å². The first-order valence-electron chi connectivity index (χ1n) is 10.6. The lowest BCUT2D eigenvalue weighted by atomic mass is 10.2. The summed E-state index contributed by atoms with van der Waals surface area (Å²) in [5, 5.41) is 9.36. The number of nitrogens with zero attached hydrogens (tertiary/aromatic N) is 2. The van der Waals surface area contributed by atoms with E-state index in [0.29, 0.717) is 43.7 Å². The number of methoxy groups -OCH3 is 1. The molecule has 1 aliphatic heterocycles. The van der Waals surface area contributed by atoms with Crippen molar-refractivity contribution >= 4 is 62.5 Å². The van der Waals surface area contributed by atoms with Crippen LogP contribution in [0.1, 0.15) is 29.8 Å². The van der Waals surface area contributed by atoms with Crippen LogP contribution in [-0.2, 0) is 14.3 Å². The van der Waals surface area contributed by atoms with Crippen molar-refractivity contribution < 1.29 is 33.7 Å². The molecule has 35 heavy (non-hydrogen) atoms. The van der Waals surface area contributed by atoms with Crippen LogP contribution in [0.15, 0.2) is 50.8 Å². The molecular formula is C24H23BrN2O7S. The second kappa shape index (κ2) is 11.9. The summed E-state index contributed by atoms with van der Waals surface area (Å²) >= 11 is 4.58. The molecule has 0 atom stereocenters. The molecule has 1 saturated heterocycles. The van der Waals surface area contributed by atoms with Gasteiger partial charge in [0, 0.05) is 6.54 Å². The van der Waals surface area contributed by atoms with Gasteiger partial charge in [0.15, 0.2) is 23.3 Å². The van der Waals surface area contributed by atoms with Crippen LogP contribution in [0, 0.1) is 0 Å². The molecule has 9 nitrogen and oxygen atoms in total. The van der Waals surface area contributed by atoms with E-state index < -0.39 is 18.5 Å². The van der Waals surface area contributed by atoms with Crippen molar-refractivity contribution in [3.63, 3.8) is 0 Å². The van der Waals surface area contributed by atoms with Gasteiger partial charge in [0.05, 0.1) is 34.3 Å². The molecule has 2 aromatic carbocycles. The van der Waals surface area contributed by atoms with E-state index in [1.807, 2.05) is 6.92 Å². The molecule has 1 amide bonds. The van der Waals surface area contributed by atoms with E-state index in [-0.39, 0.29) is 18.3 Å². The smallest absolute Gasteiger partial charge is 0.341 e. The van der Waals surface area contributed by atoms with Crippen LogP contribution in [0.2, 0.25) is 0 Å². The van der Waals surface area contributed by atoms with Crippen LogP contribution < -0.4 is 9.47 Å². The Morgan fingerprint density at radius 3 is 2.66 bits per heavy atom. The normalized spacial score (nSPS) is 15.5. The molecule has 0 aromatic heterocycles. The summed E-state index contributed by atoms with van der Waals surface area (Å²) < 4.78 is 16.2. The number of carboxylic acids is 1. The van der Waals surface area contributed by atoms with Crippen LogP contribution in [0.25, 0.3) is 6.08 Å². The summed E-state index contributed by atoms with van der Waals surface area (Å²) in [5.74, 6) is -1.19. The van der Waals surface area contributed by atoms with Crippen LogP contribution in [-0.4, -0.2) is 59.9 Å². The lowest BCUT2D eigenvalue weighted by molar-refractivity contribution is -0.139. The molecule has 1 heterocycles. The monoisotopic (exact) mass is 562 g/mol. The van der Waals surface area contributed by atoms with E-state index in [1.165, 1.54) is 18.9 Å². The second-order valence-corrected chi connectivity index (χ2v) is 8.91. The topological polar surface area (TPSA) is 115 Å². The summed E-state index contributed by atoms with van der Waals surface area (Å²) in [4.78, 5) is 42.5. The molecule has 11 heteroatoms. The third kappa shape index (κ3) is 6.43. The lowest BCUT2D eigenvalue weighted by Crippen LogP contribution is -2.28. The highest BCUT2D eigenvalue weighted by Crippen LogP contribution is 2.39. The Hall–Kier alpha value is -3.31. The maximum atomic E-state index is 13.0. The van der Waals surface area contributed by atoms with Gasteiger partial charge in [0.1, 0.15) is 0 Å². The van der Waals surface area contributed by atoms with Crippen molar-refractivity contribution in [1.29, 1.82) is 0 Å². The van der Waals surface area contributed by atoms with Gasteiger partial charge in [-0.3, -0.25) is 9.69 Å². The summed E-state index contributed by atoms with van der Waals surface area (Å²) in [7, 11) is 1.44. The minimum absolute atomic E-state index is 0.209. The van der Waals surface area contributed by atoms with Crippen molar-refractivity contribution in [2.24, 2.45) is 4.99 Å². The second-order valence-electron chi connectivity index (χ2n) is 7.04. The number of ether oxygens (including phenoxy) is 3. The predicted molar refractivity (Wildman–Crippen MR) is 136 cm³/mol. The fourth-order valence-corrected chi connectivity index (χ4v) is 4.78. The number of likely N-dealkylation sites (N-methyl/N-ethyl adjacent to an activating group) is 1. The highest BCUT2D eigenvalue weighted by atomic mass is 79.9. The first kappa shape index (κ1) is 26.3. The number of aliphatic carboxylic acids is 1. The number of thioether (sulfide) groups is 1. The molecule has 1 N–H and O–H groups in total.